The summed E-state index contributed by atoms with van der Waals surface area (Å²) in [6.45, 7) is 0. The first-order valence-electron chi connectivity index (χ1n) is 7.06. The minimum atomic E-state index is -0.511. The summed E-state index contributed by atoms with van der Waals surface area (Å²) in [5, 5.41) is 32.8. The Morgan fingerprint density at radius 1 is 1.04 bits per heavy atom. The number of nitriles is 1. The summed E-state index contributed by atoms with van der Waals surface area (Å²) in [4.78, 5) is 22.2. The first-order chi connectivity index (χ1) is 12.1. The maximum atomic E-state index is 12.0. The van der Waals surface area contributed by atoms with Crippen LogP contribution in [0.15, 0.2) is 63.6 Å². The van der Waals surface area contributed by atoms with Crippen LogP contribution in [-0.4, -0.2) is 15.1 Å². The molecule has 0 aliphatic carbocycles. The van der Waals surface area contributed by atoms with Crippen molar-refractivity contribution in [3.8, 4) is 17.3 Å². The summed E-state index contributed by atoms with van der Waals surface area (Å²) in [6.07, 6.45) is 0. The molecule has 2 aromatic carbocycles. The first kappa shape index (κ1) is 15.8. The van der Waals surface area contributed by atoms with Crippen molar-refractivity contribution >= 4 is 17.1 Å². The van der Waals surface area contributed by atoms with Gasteiger partial charge in [-0.25, -0.2) is 0 Å². The van der Waals surface area contributed by atoms with Crippen molar-refractivity contribution in [1.29, 1.82) is 5.26 Å². The van der Waals surface area contributed by atoms with E-state index in [1.165, 1.54) is 24.3 Å². The van der Waals surface area contributed by atoms with Gasteiger partial charge in [-0.3, -0.25) is 25.1 Å². The molecule has 0 amide bonds. The Morgan fingerprint density at radius 3 is 2.44 bits per heavy atom. The zero-order valence-corrected chi connectivity index (χ0v) is 12.6. The molecule has 0 aliphatic rings. The Morgan fingerprint density at radius 2 is 1.76 bits per heavy atom. The number of aromatic amines is 2. The van der Waals surface area contributed by atoms with Crippen LogP contribution in [0.2, 0.25) is 0 Å². The lowest BCUT2D eigenvalue weighted by atomic mass is 10.1. The second-order valence-electron chi connectivity index (χ2n) is 4.94. The number of hydrogen-bond donors (Lipinski definition) is 2. The third-order valence-corrected chi connectivity index (χ3v) is 3.40. The fraction of sp³-hybridized carbons (Fsp3) is 0. The molecular formula is C16H10N6O3. The van der Waals surface area contributed by atoms with Gasteiger partial charge in [0.15, 0.2) is 5.69 Å². The second-order valence-corrected chi connectivity index (χ2v) is 4.94. The predicted molar refractivity (Wildman–Crippen MR) is 88.8 cm³/mol. The number of non-ortho nitro benzene ring substituents is 1. The van der Waals surface area contributed by atoms with Crippen LogP contribution in [0.3, 0.4) is 0 Å². The Bertz CT molecular complexity index is 1060. The number of rotatable bonds is 4. The van der Waals surface area contributed by atoms with Crippen molar-refractivity contribution in [2.45, 2.75) is 0 Å². The largest absolute Gasteiger partial charge is 0.295 e. The van der Waals surface area contributed by atoms with E-state index in [0.717, 1.165) is 0 Å². The lowest BCUT2D eigenvalue weighted by Crippen LogP contribution is -1.96. The fourth-order valence-electron chi connectivity index (χ4n) is 2.16. The zero-order chi connectivity index (χ0) is 17.8. The van der Waals surface area contributed by atoms with Crippen LogP contribution in [-0.2, 0) is 0 Å². The molecule has 0 saturated carbocycles. The topological polar surface area (TPSA) is 140 Å². The average Bonchev–Trinajstić information content (AvgIpc) is 3.00. The summed E-state index contributed by atoms with van der Waals surface area (Å²) in [5.41, 5.74) is 1.00. The van der Waals surface area contributed by atoms with E-state index in [9.17, 15) is 14.9 Å². The molecule has 1 aromatic heterocycles. The minimum absolute atomic E-state index is 0.0154. The minimum Gasteiger partial charge on any atom is -0.295 e. The number of benzene rings is 2. The molecule has 9 heteroatoms. The molecule has 0 radical (unpaired) electrons. The van der Waals surface area contributed by atoms with Crippen LogP contribution in [0.5, 0.6) is 0 Å². The van der Waals surface area contributed by atoms with Gasteiger partial charge in [0.05, 0.1) is 16.2 Å². The monoisotopic (exact) mass is 334 g/mol. The van der Waals surface area contributed by atoms with Crippen LogP contribution in [0.25, 0.3) is 11.3 Å². The molecule has 0 fully saturated rings. The summed E-state index contributed by atoms with van der Waals surface area (Å²) in [6, 6.07) is 14.2. The molecule has 25 heavy (non-hydrogen) atoms. The summed E-state index contributed by atoms with van der Waals surface area (Å²) < 4.78 is 0. The number of nitrogens with zero attached hydrogens (tertiary/aromatic N) is 4. The molecule has 0 unspecified atom stereocenters. The standard InChI is InChI=1S/C16H10N6O3/c17-9-11-3-1-2-4-13(11)18-20-15-14(19-21-16(15)23)10-5-7-12(8-6-10)22(24)25/h1-8H,(H2,19,21,23). The van der Waals surface area contributed by atoms with Crippen molar-refractivity contribution in [3.63, 3.8) is 0 Å². The van der Waals surface area contributed by atoms with Gasteiger partial charge in [0, 0.05) is 17.7 Å². The number of hydrogen-bond acceptors (Lipinski definition) is 6. The van der Waals surface area contributed by atoms with Gasteiger partial charge in [-0.1, -0.05) is 12.1 Å². The molecule has 3 aromatic rings. The van der Waals surface area contributed by atoms with E-state index in [4.69, 9.17) is 5.26 Å². The fourth-order valence-corrected chi connectivity index (χ4v) is 2.16. The Kier molecular flexibility index (Phi) is 4.17. The molecule has 9 nitrogen and oxygen atoms in total. The summed E-state index contributed by atoms with van der Waals surface area (Å²) >= 11 is 0. The Labute approximate surface area is 140 Å². The van der Waals surface area contributed by atoms with Crippen molar-refractivity contribution in [1.82, 2.24) is 10.2 Å². The van der Waals surface area contributed by atoms with Gasteiger partial charge in [0.1, 0.15) is 11.8 Å². The van der Waals surface area contributed by atoms with E-state index in [1.54, 1.807) is 24.3 Å². The third kappa shape index (κ3) is 3.18. The Balaban J connectivity index is 2.00. The average molecular weight is 334 g/mol. The molecule has 1 heterocycles. The van der Waals surface area contributed by atoms with Crippen LogP contribution in [0.1, 0.15) is 5.56 Å². The smallest absolute Gasteiger partial charge is 0.292 e. The Hall–Kier alpha value is -4.06. The van der Waals surface area contributed by atoms with Crippen molar-refractivity contribution < 1.29 is 4.92 Å². The first-order valence-corrected chi connectivity index (χ1v) is 7.06. The van der Waals surface area contributed by atoms with Crippen molar-refractivity contribution in [2.24, 2.45) is 10.2 Å². The highest BCUT2D eigenvalue weighted by molar-refractivity contribution is 5.72. The van der Waals surface area contributed by atoms with Gasteiger partial charge < -0.3 is 0 Å². The molecule has 122 valence electrons. The van der Waals surface area contributed by atoms with E-state index in [0.29, 0.717) is 22.5 Å². The number of H-pyrrole nitrogens is 2. The predicted octanol–water partition coefficient (Wildman–Crippen LogP) is 3.57. The van der Waals surface area contributed by atoms with E-state index in [-0.39, 0.29) is 11.4 Å². The molecule has 0 aliphatic heterocycles. The van der Waals surface area contributed by atoms with E-state index >= 15 is 0 Å². The second kappa shape index (κ2) is 6.59. The summed E-state index contributed by atoms with van der Waals surface area (Å²) in [7, 11) is 0. The zero-order valence-electron chi connectivity index (χ0n) is 12.6. The normalized spacial score (nSPS) is 10.7. The third-order valence-electron chi connectivity index (χ3n) is 3.40. The van der Waals surface area contributed by atoms with Crippen LogP contribution >= 0.6 is 0 Å². The van der Waals surface area contributed by atoms with E-state index in [1.807, 2.05) is 6.07 Å². The van der Waals surface area contributed by atoms with Crippen LogP contribution in [0.4, 0.5) is 17.1 Å². The van der Waals surface area contributed by atoms with E-state index < -0.39 is 10.5 Å². The van der Waals surface area contributed by atoms with E-state index in [2.05, 4.69) is 20.4 Å². The molecule has 0 atom stereocenters. The molecule has 0 bridgehead atoms. The lowest BCUT2D eigenvalue weighted by Gasteiger charge is -1.99. The van der Waals surface area contributed by atoms with Crippen LogP contribution in [0, 0.1) is 21.4 Å². The molecule has 0 spiro atoms. The highest BCUT2D eigenvalue weighted by atomic mass is 16.6. The lowest BCUT2D eigenvalue weighted by molar-refractivity contribution is -0.384. The summed E-state index contributed by atoms with van der Waals surface area (Å²) in [5.74, 6) is 0. The maximum absolute atomic E-state index is 12.0. The number of nitro groups is 1. The maximum Gasteiger partial charge on any atom is 0.292 e. The number of azo groups is 1. The molecular weight excluding hydrogens is 324 g/mol. The van der Waals surface area contributed by atoms with Gasteiger partial charge in [0.25, 0.3) is 11.2 Å². The highest BCUT2D eigenvalue weighted by Crippen LogP contribution is 2.28. The van der Waals surface area contributed by atoms with Gasteiger partial charge >= 0.3 is 0 Å². The van der Waals surface area contributed by atoms with Gasteiger partial charge in [-0.15, -0.1) is 10.2 Å². The molecule has 3 rings (SSSR count). The molecule has 0 saturated heterocycles. The quantitative estimate of drug-likeness (QED) is 0.427. The molecule has 2 N–H and O–H groups in total. The van der Waals surface area contributed by atoms with Crippen LogP contribution < -0.4 is 5.56 Å². The van der Waals surface area contributed by atoms with Gasteiger partial charge in [-0.05, 0) is 24.3 Å². The van der Waals surface area contributed by atoms with Crippen molar-refractivity contribution in [2.75, 3.05) is 0 Å². The SMILES string of the molecule is N#Cc1ccccc1N=Nc1c(-c2ccc([N+](=O)[O-])cc2)[nH][nH]c1=O. The van der Waals surface area contributed by atoms with Gasteiger partial charge in [0.2, 0.25) is 0 Å². The number of nitrogens with one attached hydrogen (secondary N) is 2. The van der Waals surface area contributed by atoms with Crippen molar-refractivity contribution in [3.05, 3.63) is 74.6 Å². The highest BCUT2D eigenvalue weighted by Gasteiger charge is 2.13. The number of nitro benzene ring substituents is 1. The van der Waals surface area contributed by atoms with Gasteiger partial charge in [-0.2, -0.15) is 5.26 Å². The number of aromatic nitrogens is 2.